The van der Waals surface area contributed by atoms with E-state index in [2.05, 4.69) is 20.9 Å². The van der Waals surface area contributed by atoms with Crippen LogP contribution in [0.4, 0.5) is 0 Å². The Morgan fingerprint density at radius 2 is 1.83 bits per heavy atom. The van der Waals surface area contributed by atoms with Crippen molar-refractivity contribution in [2.45, 2.75) is 44.7 Å². The van der Waals surface area contributed by atoms with E-state index in [9.17, 15) is 9.59 Å². The number of halogens is 1. The fourth-order valence-electron chi connectivity index (χ4n) is 4.00. The lowest BCUT2D eigenvalue weighted by Crippen LogP contribution is -2.45. The highest BCUT2D eigenvalue weighted by Gasteiger charge is 2.32. The summed E-state index contributed by atoms with van der Waals surface area (Å²) in [6.07, 6.45) is 5.42. The lowest BCUT2D eigenvalue weighted by atomic mass is 10.1. The summed E-state index contributed by atoms with van der Waals surface area (Å²) in [5.41, 5.74) is 1.71. The minimum atomic E-state index is -0.0880. The average molecular weight is 513 g/mol. The fourth-order valence-corrected chi connectivity index (χ4v) is 4.00. The smallest absolute Gasteiger partial charge is 0.251 e. The Labute approximate surface area is 190 Å². The topological polar surface area (TPSA) is 85.8 Å². The molecule has 1 saturated heterocycles. The summed E-state index contributed by atoms with van der Waals surface area (Å²) in [4.78, 5) is 30.5. The highest BCUT2D eigenvalue weighted by molar-refractivity contribution is 14.0. The first-order valence-corrected chi connectivity index (χ1v) is 10.2. The van der Waals surface area contributed by atoms with E-state index in [4.69, 9.17) is 0 Å². The van der Waals surface area contributed by atoms with E-state index in [0.717, 1.165) is 43.9 Å². The number of rotatable bonds is 5. The molecule has 1 aromatic carbocycles. The van der Waals surface area contributed by atoms with E-state index in [1.807, 2.05) is 29.2 Å². The number of aliphatic imine (C=N–C) groups is 1. The second-order valence-corrected chi connectivity index (χ2v) is 7.60. The lowest BCUT2D eigenvalue weighted by molar-refractivity contribution is -0.134. The molecule has 1 aromatic rings. The number of carbonyl (C=O) groups is 2. The van der Waals surface area contributed by atoms with Crippen molar-refractivity contribution in [3.8, 4) is 0 Å². The Morgan fingerprint density at radius 1 is 1.14 bits per heavy atom. The fraction of sp³-hybridized carbons (Fsp3) is 0.571. The third kappa shape index (κ3) is 6.32. The van der Waals surface area contributed by atoms with Gasteiger partial charge in [-0.25, -0.2) is 0 Å². The molecule has 1 aliphatic carbocycles. The molecule has 2 fully saturated rings. The summed E-state index contributed by atoms with van der Waals surface area (Å²) in [6, 6.07) is 7.72. The van der Waals surface area contributed by atoms with Gasteiger partial charge in [0.1, 0.15) is 0 Å². The molecule has 1 unspecified atom stereocenters. The molecule has 1 heterocycles. The quantitative estimate of drug-likeness (QED) is 0.320. The first-order chi connectivity index (χ1) is 13.6. The van der Waals surface area contributed by atoms with Crippen LogP contribution in [0.25, 0.3) is 0 Å². The number of hydrogen-bond donors (Lipinski definition) is 3. The normalized spacial score (nSPS) is 19.6. The molecule has 3 N–H and O–H groups in total. The molecule has 0 spiro atoms. The largest absolute Gasteiger partial charge is 0.355 e. The summed E-state index contributed by atoms with van der Waals surface area (Å²) < 4.78 is 0. The molecule has 29 heavy (non-hydrogen) atoms. The third-order valence-corrected chi connectivity index (χ3v) is 5.67. The van der Waals surface area contributed by atoms with Gasteiger partial charge in [-0.1, -0.05) is 25.0 Å². The van der Waals surface area contributed by atoms with Crippen molar-refractivity contribution < 1.29 is 9.59 Å². The van der Waals surface area contributed by atoms with Gasteiger partial charge in [-0.3, -0.25) is 14.6 Å². The molecule has 3 rings (SSSR count). The van der Waals surface area contributed by atoms with Crippen LogP contribution >= 0.6 is 24.0 Å². The summed E-state index contributed by atoms with van der Waals surface area (Å²) in [5.74, 6) is 1.22. The molecule has 2 amide bonds. The van der Waals surface area contributed by atoms with Gasteiger partial charge in [-0.15, -0.1) is 24.0 Å². The van der Waals surface area contributed by atoms with Crippen molar-refractivity contribution in [1.29, 1.82) is 0 Å². The molecule has 0 radical (unpaired) electrons. The molecule has 0 bridgehead atoms. The predicted octanol–water partition coefficient (Wildman–Crippen LogP) is 2.12. The number of guanidine groups is 1. The Morgan fingerprint density at radius 3 is 2.45 bits per heavy atom. The Kier molecular flexibility index (Phi) is 9.19. The van der Waals surface area contributed by atoms with Crippen LogP contribution in [0.2, 0.25) is 0 Å². The molecule has 7 nitrogen and oxygen atoms in total. The molecule has 1 atom stereocenters. The van der Waals surface area contributed by atoms with Gasteiger partial charge in [-0.05, 0) is 37.0 Å². The minimum Gasteiger partial charge on any atom is -0.355 e. The van der Waals surface area contributed by atoms with Gasteiger partial charge in [0.15, 0.2) is 5.96 Å². The second-order valence-electron chi connectivity index (χ2n) is 7.60. The maximum Gasteiger partial charge on any atom is 0.251 e. The van der Waals surface area contributed by atoms with Crippen LogP contribution in [0.3, 0.4) is 0 Å². The first kappa shape index (κ1) is 23.4. The number of nitrogens with zero attached hydrogens (tertiary/aromatic N) is 2. The zero-order valence-corrected chi connectivity index (χ0v) is 19.6. The lowest BCUT2D eigenvalue weighted by Gasteiger charge is -2.21. The summed E-state index contributed by atoms with van der Waals surface area (Å²) in [6.45, 7) is 2.19. The van der Waals surface area contributed by atoms with E-state index >= 15 is 0 Å². The average Bonchev–Trinajstić information content (AvgIpc) is 3.42. The van der Waals surface area contributed by atoms with Crippen LogP contribution < -0.4 is 16.0 Å². The summed E-state index contributed by atoms with van der Waals surface area (Å²) in [5, 5.41) is 9.36. The van der Waals surface area contributed by atoms with E-state index in [1.165, 1.54) is 12.8 Å². The van der Waals surface area contributed by atoms with Gasteiger partial charge in [0.05, 0.1) is 0 Å². The molecule has 8 heteroatoms. The van der Waals surface area contributed by atoms with Crippen molar-refractivity contribution in [1.82, 2.24) is 20.9 Å². The standard InChI is InChI=1S/C21H31N5O2.HI/c1-22-19(27)16-9-7-15(8-10-16)13-24-21(23-2)25-18-11-12-26(14-18)20(28)17-5-3-4-6-17;/h7-10,17-18H,3-6,11-14H2,1-2H3,(H,22,27)(H2,23,24,25);1H. The van der Waals surface area contributed by atoms with Crippen LogP contribution in [0.1, 0.15) is 48.0 Å². The van der Waals surface area contributed by atoms with Crippen molar-refractivity contribution in [3.05, 3.63) is 35.4 Å². The summed E-state index contributed by atoms with van der Waals surface area (Å²) >= 11 is 0. The zero-order valence-electron chi connectivity index (χ0n) is 17.2. The number of benzene rings is 1. The number of amides is 2. The molecule has 1 aliphatic heterocycles. The Balaban J connectivity index is 0.00000300. The SMILES string of the molecule is CN=C(NCc1ccc(C(=O)NC)cc1)NC1CCN(C(=O)C2CCCC2)C1.I. The second kappa shape index (κ2) is 11.4. The predicted molar refractivity (Wildman–Crippen MR) is 126 cm³/mol. The van der Waals surface area contributed by atoms with Crippen molar-refractivity contribution >= 4 is 41.8 Å². The van der Waals surface area contributed by atoms with Crippen LogP contribution in [0.15, 0.2) is 29.3 Å². The van der Waals surface area contributed by atoms with Crippen molar-refractivity contribution in [3.63, 3.8) is 0 Å². The van der Waals surface area contributed by atoms with Crippen molar-refractivity contribution in [2.75, 3.05) is 27.2 Å². The molecular weight excluding hydrogens is 481 g/mol. The number of nitrogens with one attached hydrogen (secondary N) is 3. The first-order valence-electron chi connectivity index (χ1n) is 10.2. The minimum absolute atomic E-state index is 0. The van der Waals surface area contributed by atoms with E-state index in [1.54, 1.807) is 14.1 Å². The van der Waals surface area contributed by atoms with Gasteiger partial charge in [0.25, 0.3) is 5.91 Å². The maximum atomic E-state index is 12.6. The molecule has 2 aliphatic rings. The molecular formula is C21H32IN5O2. The van der Waals surface area contributed by atoms with Gasteiger partial charge < -0.3 is 20.9 Å². The van der Waals surface area contributed by atoms with E-state index < -0.39 is 0 Å². The van der Waals surface area contributed by atoms with Gasteiger partial charge in [0.2, 0.25) is 5.91 Å². The van der Waals surface area contributed by atoms with Crippen LogP contribution in [-0.2, 0) is 11.3 Å². The monoisotopic (exact) mass is 513 g/mol. The van der Waals surface area contributed by atoms with Crippen LogP contribution in [0.5, 0.6) is 0 Å². The molecule has 0 aromatic heterocycles. The van der Waals surface area contributed by atoms with Crippen molar-refractivity contribution in [2.24, 2.45) is 10.9 Å². The molecule has 160 valence electrons. The third-order valence-electron chi connectivity index (χ3n) is 5.67. The maximum absolute atomic E-state index is 12.6. The number of hydrogen-bond acceptors (Lipinski definition) is 3. The highest BCUT2D eigenvalue weighted by Crippen LogP contribution is 2.27. The highest BCUT2D eigenvalue weighted by atomic mass is 127. The summed E-state index contributed by atoms with van der Waals surface area (Å²) in [7, 11) is 3.37. The van der Waals surface area contributed by atoms with Gasteiger partial charge >= 0.3 is 0 Å². The van der Waals surface area contributed by atoms with E-state index in [0.29, 0.717) is 18.0 Å². The van der Waals surface area contributed by atoms with Gasteiger partial charge in [-0.2, -0.15) is 0 Å². The number of likely N-dealkylation sites (tertiary alicyclic amines) is 1. The zero-order chi connectivity index (χ0) is 19.9. The number of carbonyl (C=O) groups excluding carboxylic acids is 2. The van der Waals surface area contributed by atoms with Crippen LogP contribution in [-0.4, -0.2) is 55.9 Å². The Bertz CT molecular complexity index is 716. The molecule has 1 saturated carbocycles. The van der Waals surface area contributed by atoms with Crippen LogP contribution in [0, 0.1) is 5.92 Å². The van der Waals surface area contributed by atoms with Gasteiger partial charge in [0, 0.05) is 51.3 Å². The Hall–Kier alpha value is -1.84. The van der Waals surface area contributed by atoms with E-state index in [-0.39, 0.29) is 41.8 Å².